The smallest absolute Gasteiger partial charge is 0.126 e. The Balaban J connectivity index is 2.62. The number of aryl methyl sites for hydroxylation is 1. The topological polar surface area (TPSA) is 45.2 Å². The van der Waals surface area contributed by atoms with Crippen molar-refractivity contribution in [1.82, 2.24) is 4.98 Å². The molecule has 0 aliphatic heterocycles. The molecule has 1 aromatic heterocycles. The molecule has 0 radical (unpaired) electrons. The maximum absolute atomic E-state index is 9.10. The standard InChI is InChI=1S/C11H17BrN2O/c1-8-9(12)4-5-10(14-8)13-6-11(2,3)7-15/h4-5,15H,6-7H2,1-3H3,(H,13,14). The molecule has 84 valence electrons. The lowest BCUT2D eigenvalue weighted by molar-refractivity contribution is 0.170. The second-order valence-corrected chi connectivity index (χ2v) is 5.29. The van der Waals surface area contributed by atoms with Crippen molar-refractivity contribution in [2.24, 2.45) is 5.41 Å². The number of aliphatic hydroxyl groups is 1. The van der Waals surface area contributed by atoms with Gasteiger partial charge < -0.3 is 10.4 Å². The number of rotatable bonds is 4. The molecule has 0 spiro atoms. The highest BCUT2D eigenvalue weighted by Gasteiger charge is 2.16. The molecule has 1 rings (SSSR count). The van der Waals surface area contributed by atoms with E-state index in [1.807, 2.05) is 32.9 Å². The van der Waals surface area contributed by atoms with Gasteiger partial charge in [0.25, 0.3) is 0 Å². The molecule has 4 heteroatoms. The lowest BCUT2D eigenvalue weighted by Gasteiger charge is -2.22. The lowest BCUT2D eigenvalue weighted by Crippen LogP contribution is -2.27. The molecule has 15 heavy (non-hydrogen) atoms. The Morgan fingerprint density at radius 1 is 1.47 bits per heavy atom. The van der Waals surface area contributed by atoms with E-state index < -0.39 is 0 Å². The predicted molar refractivity (Wildman–Crippen MR) is 66.0 cm³/mol. The summed E-state index contributed by atoms with van der Waals surface area (Å²) < 4.78 is 1.01. The van der Waals surface area contributed by atoms with Crippen LogP contribution in [0.25, 0.3) is 0 Å². The number of nitrogens with one attached hydrogen (secondary N) is 1. The summed E-state index contributed by atoms with van der Waals surface area (Å²) in [7, 11) is 0. The maximum atomic E-state index is 9.10. The number of anilines is 1. The monoisotopic (exact) mass is 272 g/mol. The van der Waals surface area contributed by atoms with Crippen LogP contribution in [0.15, 0.2) is 16.6 Å². The second-order valence-electron chi connectivity index (χ2n) is 4.44. The van der Waals surface area contributed by atoms with Gasteiger partial charge in [0, 0.05) is 23.0 Å². The van der Waals surface area contributed by atoms with E-state index in [1.165, 1.54) is 0 Å². The van der Waals surface area contributed by atoms with E-state index in [9.17, 15) is 0 Å². The molecular weight excluding hydrogens is 256 g/mol. The maximum Gasteiger partial charge on any atom is 0.126 e. The zero-order valence-corrected chi connectivity index (χ0v) is 10.9. The molecule has 0 fully saturated rings. The van der Waals surface area contributed by atoms with Gasteiger partial charge in [-0.15, -0.1) is 0 Å². The van der Waals surface area contributed by atoms with E-state index >= 15 is 0 Å². The van der Waals surface area contributed by atoms with Crippen LogP contribution >= 0.6 is 15.9 Å². The van der Waals surface area contributed by atoms with Crippen LogP contribution in [-0.4, -0.2) is 23.2 Å². The first-order valence-electron chi connectivity index (χ1n) is 4.92. The van der Waals surface area contributed by atoms with E-state index in [-0.39, 0.29) is 12.0 Å². The fourth-order valence-electron chi connectivity index (χ4n) is 1.03. The minimum absolute atomic E-state index is 0.122. The molecule has 1 heterocycles. The van der Waals surface area contributed by atoms with Gasteiger partial charge in [0.05, 0.1) is 5.69 Å². The number of hydrogen-bond acceptors (Lipinski definition) is 3. The van der Waals surface area contributed by atoms with Crippen LogP contribution in [-0.2, 0) is 0 Å². The summed E-state index contributed by atoms with van der Waals surface area (Å²) in [6.45, 7) is 6.83. The highest BCUT2D eigenvalue weighted by molar-refractivity contribution is 9.10. The third-order valence-corrected chi connectivity index (χ3v) is 3.04. The summed E-state index contributed by atoms with van der Waals surface area (Å²) in [5.74, 6) is 0.845. The van der Waals surface area contributed by atoms with Crippen LogP contribution in [0.1, 0.15) is 19.5 Å². The number of aliphatic hydroxyl groups excluding tert-OH is 1. The molecule has 0 amide bonds. The van der Waals surface area contributed by atoms with E-state index in [0.29, 0.717) is 6.54 Å². The summed E-state index contributed by atoms with van der Waals surface area (Å²) >= 11 is 3.40. The summed E-state index contributed by atoms with van der Waals surface area (Å²) in [4.78, 5) is 4.37. The molecule has 0 unspecified atom stereocenters. The van der Waals surface area contributed by atoms with Crippen LogP contribution in [0, 0.1) is 12.3 Å². The van der Waals surface area contributed by atoms with Crippen molar-refractivity contribution >= 4 is 21.7 Å². The average Bonchev–Trinajstić information content (AvgIpc) is 2.20. The van der Waals surface area contributed by atoms with Crippen molar-refractivity contribution in [3.8, 4) is 0 Å². The van der Waals surface area contributed by atoms with E-state index in [0.717, 1.165) is 16.0 Å². The lowest BCUT2D eigenvalue weighted by atomic mass is 9.95. The first-order valence-corrected chi connectivity index (χ1v) is 5.72. The van der Waals surface area contributed by atoms with Crippen LogP contribution < -0.4 is 5.32 Å². The predicted octanol–water partition coefficient (Wildman–Crippen LogP) is 2.58. The minimum atomic E-state index is -0.122. The van der Waals surface area contributed by atoms with Crippen LogP contribution in [0.3, 0.4) is 0 Å². The van der Waals surface area contributed by atoms with Gasteiger partial charge in [-0.25, -0.2) is 4.98 Å². The van der Waals surface area contributed by atoms with Gasteiger partial charge in [-0.2, -0.15) is 0 Å². The Kier molecular flexibility index (Phi) is 4.11. The van der Waals surface area contributed by atoms with Gasteiger partial charge in [0.15, 0.2) is 0 Å². The number of aromatic nitrogens is 1. The van der Waals surface area contributed by atoms with Gasteiger partial charge in [-0.1, -0.05) is 13.8 Å². The van der Waals surface area contributed by atoms with Crippen LogP contribution in [0.2, 0.25) is 0 Å². The highest BCUT2D eigenvalue weighted by atomic mass is 79.9. The molecule has 0 saturated carbocycles. The van der Waals surface area contributed by atoms with Crippen molar-refractivity contribution in [2.45, 2.75) is 20.8 Å². The first kappa shape index (κ1) is 12.5. The number of nitrogens with zero attached hydrogens (tertiary/aromatic N) is 1. The molecule has 0 aliphatic carbocycles. The second kappa shape index (κ2) is 4.94. The summed E-state index contributed by atoms with van der Waals surface area (Å²) in [6, 6.07) is 3.89. The number of halogens is 1. The summed E-state index contributed by atoms with van der Waals surface area (Å²) in [5.41, 5.74) is 0.838. The third-order valence-electron chi connectivity index (χ3n) is 2.20. The molecule has 2 N–H and O–H groups in total. The van der Waals surface area contributed by atoms with Crippen LogP contribution in [0.4, 0.5) is 5.82 Å². The molecule has 0 bridgehead atoms. The number of pyridine rings is 1. The van der Waals surface area contributed by atoms with Gasteiger partial charge >= 0.3 is 0 Å². The van der Waals surface area contributed by atoms with Gasteiger partial charge in [-0.3, -0.25) is 0 Å². The Labute approximate surface area is 99.1 Å². The Hall–Kier alpha value is -0.610. The van der Waals surface area contributed by atoms with Gasteiger partial charge in [0.2, 0.25) is 0 Å². The van der Waals surface area contributed by atoms with Crippen molar-refractivity contribution in [1.29, 1.82) is 0 Å². The Morgan fingerprint density at radius 2 is 2.13 bits per heavy atom. The quantitative estimate of drug-likeness (QED) is 0.886. The first-order chi connectivity index (χ1) is 6.94. The summed E-state index contributed by atoms with van der Waals surface area (Å²) in [6.07, 6.45) is 0. The Bertz CT molecular complexity index is 339. The zero-order valence-electron chi connectivity index (χ0n) is 9.34. The SMILES string of the molecule is Cc1nc(NCC(C)(C)CO)ccc1Br. The van der Waals surface area contributed by atoms with Crippen molar-refractivity contribution in [2.75, 3.05) is 18.5 Å². The fraction of sp³-hybridized carbons (Fsp3) is 0.545. The minimum Gasteiger partial charge on any atom is -0.396 e. The van der Waals surface area contributed by atoms with Crippen molar-refractivity contribution in [3.05, 3.63) is 22.3 Å². The largest absolute Gasteiger partial charge is 0.396 e. The fourth-order valence-corrected chi connectivity index (χ4v) is 1.25. The highest BCUT2D eigenvalue weighted by Crippen LogP contribution is 2.18. The normalized spacial score (nSPS) is 11.5. The molecule has 3 nitrogen and oxygen atoms in total. The molecule has 0 saturated heterocycles. The van der Waals surface area contributed by atoms with Gasteiger partial charge in [-0.05, 0) is 35.0 Å². The van der Waals surface area contributed by atoms with Crippen LogP contribution in [0.5, 0.6) is 0 Å². The van der Waals surface area contributed by atoms with Gasteiger partial charge in [0.1, 0.15) is 5.82 Å². The van der Waals surface area contributed by atoms with Crippen molar-refractivity contribution in [3.63, 3.8) is 0 Å². The molecule has 0 aliphatic rings. The molecule has 0 atom stereocenters. The molecule has 0 aromatic carbocycles. The number of hydrogen-bond donors (Lipinski definition) is 2. The third kappa shape index (κ3) is 3.80. The average molecular weight is 273 g/mol. The molecule has 1 aromatic rings. The Morgan fingerprint density at radius 3 is 2.67 bits per heavy atom. The summed E-state index contributed by atoms with van der Waals surface area (Å²) in [5, 5.41) is 12.3. The zero-order chi connectivity index (χ0) is 11.5. The van der Waals surface area contributed by atoms with E-state index in [2.05, 4.69) is 26.2 Å². The molecular formula is C11H17BrN2O. The van der Waals surface area contributed by atoms with Crippen molar-refractivity contribution < 1.29 is 5.11 Å². The van der Waals surface area contributed by atoms with E-state index in [1.54, 1.807) is 0 Å². The van der Waals surface area contributed by atoms with E-state index in [4.69, 9.17) is 5.11 Å².